The SMILES string of the molecule is CCOC(=O)C(F)C(OS(=O)(=O)c1ccc(C)cc1)c1ccccn1. The van der Waals surface area contributed by atoms with Crippen molar-refractivity contribution in [1.29, 1.82) is 0 Å². The molecule has 0 aliphatic rings. The highest BCUT2D eigenvalue weighted by Gasteiger charge is 2.37. The largest absolute Gasteiger partial charge is 0.464 e. The van der Waals surface area contributed by atoms with Gasteiger partial charge in [0.05, 0.1) is 17.2 Å². The maximum absolute atomic E-state index is 14.5. The average molecular weight is 367 g/mol. The number of aryl methyl sites for hydroxylation is 1. The molecule has 0 spiro atoms. The Morgan fingerprint density at radius 3 is 2.44 bits per heavy atom. The van der Waals surface area contributed by atoms with E-state index >= 15 is 0 Å². The van der Waals surface area contributed by atoms with Crippen LogP contribution < -0.4 is 0 Å². The van der Waals surface area contributed by atoms with Gasteiger partial charge in [-0.25, -0.2) is 9.18 Å². The summed E-state index contributed by atoms with van der Waals surface area (Å²) in [5.74, 6) is -1.21. The van der Waals surface area contributed by atoms with E-state index in [2.05, 4.69) is 9.72 Å². The minimum atomic E-state index is -4.31. The third kappa shape index (κ3) is 4.83. The third-order valence-corrected chi connectivity index (χ3v) is 4.61. The first-order valence-corrected chi connectivity index (χ1v) is 8.97. The number of esters is 1. The normalized spacial score (nSPS) is 13.9. The lowest BCUT2D eigenvalue weighted by Gasteiger charge is -2.19. The molecule has 0 amide bonds. The van der Waals surface area contributed by atoms with Crippen molar-refractivity contribution >= 4 is 16.1 Å². The lowest BCUT2D eigenvalue weighted by molar-refractivity contribution is -0.152. The van der Waals surface area contributed by atoms with Crippen LogP contribution in [0.3, 0.4) is 0 Å². The van der Waals surface area contributed by atoms with Gasteiger partial charge < -0.3 is 4.74 Å². The fraction of sp³-hybridized carbons (Fsp3) is 0.294. The van der Waals surface area contributed by atoms with Crippen LogP contribution in [0.1, 0.15) is 24.3 Å². The van der Waals surface area contributed by atoms with E-state index in [0.717, 1.165) is 5.56 Å². The van der Waals surface area contributed by atoms with Crippen molar-refractivity contribution in [3.8, 4) is 0 Å². The topological polar surface area (TPSA) is 82.6 Å². The van der Waals surface area contributed by atoms with E-state index in [0.29, 0.717) is 0 Å². The van der Waals surface area contributed by atoms with Gasteiger partial charge >= 0.3 is 5.97 Å². The van der Waals surface area contributed by atoms with Gasteiger partial charge in [0.15, 0.2) is 6.10 Å². The van der Waals surface area contributed by atoms with Crippen LogP contribution in [0.25, 0.3) is 0 Å². The van der Waals surface area contributed by atoms with Gasteiger partial charge in [-0.1, -0.05) is 23.8 Å². The Balaban J connectivity index is 2.35. The summed E-state index contributed by atoms with van der Waals surface area (Å²) in [5, 5.41) is 0. The van der Waals surface area contributed by atoms with Gasteiger partial charge in [-0.2, -0.15) is 8.42 Å². The summed E-state index contributed by atoms with van der Waals surface area (Å²) in [4.78, 5) is 15.5. The van der Waals surface area contributed by atoms with Crippen LogP contribution in [-0.2, 0) is 23.8 Å². The minimum absolute atomic E-state index is 0.0289. The van der Waals surface area contributed by atoms with Gasteiger partial charge in [0.25, 0.3) is 10.1 Å². The number of nitrogens with zero attached hydrogens (tertiary/aromatic N) is 1. The summed E-state index contributed by atoms with van der Waals surface area (Å²) in [6, 6.07) is 10.4. The minimum Gasteiger partial charge on any atom is -0.464 e. The Hall–Kier alpha value is -2.32. The predicted octanol–water partition coefficient (Wildman–Crippen LogP) is 2.74. The summed E-state index contributed by atoms with van der Waals surface area (Å²) in [6.07, 6.45) is -2.73. The molecule has 1 heterocycles. The van der Waals surface area contributed by atoms with E-state index in [-0.39, 0.29) is 17.2 Å². The number of alkyl halides is 1. The summed E-state index contributed by atoms with van der Waals surface area (Å²) in [7, 11) is -4.31. The molecule has 2 atom stereocenters. The molecule has 2 unspecified atom stereocenters. The molecule has 0 aliphatic heterocycles. The number of carbonyl (C=O) groups is 1. The fourth-order valence-electron chi connectivity index (χ4n) is 2.03. The second kappa shape index (κ2) is 8.17. The first-order chi connectivity index (χ1) is 11.8. The zero-order valence-corrected chi connectivity index (χ0v) is 14.6. The van der Waals surface area contributed by atoms with E-state index in [1.165, 1.54) is 37.4 Å². The summed E-state index contributed by atoms with van der Waals surface area (Å²) < 4.78 is 49.1. The molecule has 134 valence electrons. The fourth-order valence-corrected chi connectivity index (χ4v) is 3.08. The molecule has 2 aromatic rings. The molecule has 0 N–H and O–H groups in total. The highest BCUT2D eigenvalue weighted by Crippen LogP contribution is 2.28. The molecule has 0 fully saturated rings. The number of carbonyl (C=O) groups excluding carboxylic acids is 1. The van der Waals surface area contributed by atoms with Crippen molar-refractivity contribution in [3.63, 3.8) is 0 Å². The van der Waals surface area contributed by atoms with Crippen LogP contribution in [0.15, 0.2) is 53.6 Å². The predicted molar refractivity (Wildman–Crippen MR) is 88.0 cm³/mol. The molecule has 0 aliphatic carbocycles. The Kier molecular flexibility index (Phi) is 6.22. The molecule has 0 radical (unpaired) electrons. The van der Waals surface area contributed by atoms with Crippen molar-refractivity contribution in [2.45, 2.75) is 31.0 Å². The highest BCUT2D eigenvalue weighted by molar-refractivity contribution is 7.86. The van der Waals surface area contributed by atoms with E-state index < -0.39 is 28.4 Å². The molecule has 2 rings (SSSR count). The second-order valence-corrected chi connectivity index (χ2v) is 6.76. The molecule has 6 nitrogen and oxygen atoms in total. The molecular formula is C17H18FNO5S. The van der Waals surface area contributed by atoms with E-state index in [9.17, 15) is 17.6 Å². The van der Waals surface area contributed by atoms with Crippen LogP contribution in [-0.4, -0.2) is 32.1 Å². The second-order valence-electron chi connectivity index (χ2n) is 5.19. The van der Waals surface area contributed by atoms with Crippen LogP contribution in [0.2, 0.25) is 0 Å². The summed E-state index contributed by atoms with van der Waals surface area (Å²) in [5.41, 5.74) is 0.828. The molecule has 1 aromatic heterocycles. The Morgan fingerprint density at radius 1 is 1.20 bits per heavy atom. The van der Waals surface area contributed by atoms with Crippen molar-refractivity contribution in [2.24, 2.45) is 0 Å². The van der Waals surface area contributed by atoms with E-state index in [4.69, 9.17) is 4.18 Å². The van der Waals surface area contributed by atoms with Gasteiger partial charge in [-0.3, -0.25) is 9.17 Å². The van der Waals surface area contributed by atoms with Gasteiger partial charge in [-0.05, 0) is 38.1 Å². The smallest absolute Gasteiger partial charge is 0.343 e. The summed E-state index contributed by atoms with van der Waals surface area (Å²) >= 11 is 0. The van der Waals surface area contributed by atoms with Gasteiger partial charge in [0.1, 0.15) is 0 Å². The number of hydrogen-bond acceptors (Lipinski definition) is 6. The Morgan fingerprint density at radius 2 is 1.88 bits per heavy atom. The molecule has 0 saturated heterocycles. The van der Waals surface area contributed by atoms with Gasteiger partial charge in [0.2, 0.25) is 6.17 Å². The molecule has 0 saturated carbocycles. The van der Waals surface area contributed by atoms with E-state index in [1.54, 1.807) is 25.1 Å². The molecule has 1 aromatic carbocycles. The zero-order valence-electron chi connectivity index (χ0n) is 13.8. The Labute approximate surface area is 145 Å². The molecule has 25 heavy (non-hydrogen) atoms. The number of halogens is 1. The number of aromatic nitrogens is 1. The number of ether oxygens (including phenoxy) is 1. The first-order valence-electron chi connectivity index (χ1n) is 7.56. The van der Waals surface area contributed by atoms with Gasteiger partial charge in [-0.15, -0.1) is 0 Å². The van der Waals surface area contributed by atoms with Gasteiger partial charge in [0, 0.05) is 6.20 Å². The quantitative estimate of drug-likeness (QED) is 0.553. The maximum atomic E-state index is 14.5. The van der Waals surface area contributed by atoms with Crippen LogP contribution in [0.5, 0.6) is 0 Å². The summed E-state index contributed by atoms with van der Waals surface area (Å²) in [6.45, 7) is 3.27. The average Bonchev–Trinajstić information content (AvgIpc) is 2.60. The van der Waals surface area contributed by atoms with E-state index in [1.807, 2.05) is 0 Å². The Bertz CT molecular complexity index is 809. The standard InChI is InChI=1S/C17H18FNO5S/c1-3-23-17(20)15(18)16(14-6-4-5-11-19-14)24-25(21,22)13-9-7-12(2)8-10-13/h4-11,15-16H,3H2,1-2H3. The lowest BCUT2D eigenvalue weighted by atomic mass is 10.1. The number of rotatable bonds is 7. The monoisotopic (exact) mass is 367 g/mol. The maximum Gasteiger partial charge on any atom is 0.343 e. The van der Waals surface area contributed by atoms with Crippen LogP contribution in [0, 0.1) is 6.92 Å². The number of hydrogen-bond donors (Lipinski definition) is 0. The zero-order chi connectivity index (χ0) is 18.4. The van der Waals surface area contributed by atoms with Crippen molar-refractivity contribution < 1.29 is 26.5 Å². The third-order valence-electron chi connectivity index (χ3n) is 3.30. The molecule has 8 heteroatoms. The van der Waals surface area contributed by atoms with Crippen molar-refractivity contribution in [3.05, 3.63) is 59.9 Å². The lowest BCUT2D eigenvalue weighted by Crippen LogP contribution is -2.30. The number of benzene rings is 1. The highest BCUT2D eigenvalue weighted by atomic mass is 32.2. The molecular weight excluding hydrogens is 349 g/mol. The molecule has 0 bridgehead atoms. The van der Waals surface area contributed by atoms with Crippen LogP contribution in [0.4, 0.5) is 4.39 Å². The van der Waals surface area contributed by atoms with Crippen molar-refractivity contribution in [1.82, 2.24) is 4.98 Å². The number of pyridine rings is 1. The van der Waals surface area contributed by atoms with Crippen LogP contribution >= 0.6 is 0 Å². The first kappa shape index (κ1) is 19.0. The van der Waals surface area contributed by atoms with Crippen molar-refractivity contribution in [2.75, 3.05) is 6.61 Å².